The van der Waals surface area contributed by atoms with Crippen LogP contribution in [0, 0.1) is 6.92 Å². The number of rotatable bonds is 4. The standard InChI is InChI=1S/C12H16ClN.ClH/c1-3-4-8-11(14)12-9(2)6-5-7-10(12)13;/h3,5-7,11H,1,4,8,14H2,2H3;1H/t11-;/m1./s1. The summed E-state index contributed by atoms with van der Waals surface area (Å²) in [7, 11) is 0. The van der Waals surface area contributed by atoms with Crippen LogP contribution in [-0.2, 0) is 0 Å². The lowest BCUT2D eigenvalue weighted by Crippen LogP contribution is -2.11. The highest BCUT2D eigenvalue weighted by molar-refractivity contribution is 6.31. The molecule has 15 heavy (non-hydrogen) atoms. The number of aryl methyl sites for hydroxylation is 1. The fourth-order valence-corrected chi connectivity index (χ4v) is 1.92. The summed E-state index contributed by atoms with van der Waals surface area (Å²) in [5.41, 5.74) is 8.28. The molecule has 0 aliphatic carbocycles. The molecule has 0 fully saturated rings. The van der Waals surface area contributed by atoms with Gasteiger partial charge in [0.15, 0.2) is 0 Å². The third-order valence-electron chi connectivity index (χ3n) is 2.32. The van der Waals surface area contributed by atoms with Gasteiger partial charge in [-0.2, -0.15) is 0 Å². The summed E-state index contributed by atoms with van der Waals surface area (Å²) < 4.78 is 0. The topological polar surface area (TPSA) is 26.0 Å². The molecule has 3 heteroatoms. The molecule has 2 N–H and O–H groups in total. The first-order valence-corrected chi connectivity index (χ1v) is 5.16. The Kier molecular flexibility index (Phi) is 6.66. The molecule has 0 aromatic heterocycles. The van der Waals surface area contributed by atoms with Gasteiger partial charge in [-0.05, 0) is 37.0 Å². The van der Waals surface area contributed by atoms with Crippen LogP contribution in [0.2, 0.25) is 5.02 Å². The molecule has 0 saturated carbocycles. The Morgan fingerprint density at radius 3 is 2.73 bits per heavy atom. The third kappa shape index (κ3) is 3.86. The maximum atomic E-state index is 6.10. The van der Waals surface area contributed by atoms with E-state index in [-0.39, 0.29) is 18.4 Å². The van der Waals surface area contributed by atoms with Crippen molar-refractivity contribution in [2.75, 3.05) is 0 Å². The van der Waals surface area contributed by atoms with Crippen LogP contribution in [0.3, 0.4) is 0 Å². The highest BCUT2D eigenvalue weighted by Gasteiger charge is 2.11. The first-order valence-electron chi connectivity index (χ1n) is 4.78. The molecular formula is C12H17Cl2N. The average molecular weight is 246 g/mol. The summed E-state index contributed by atoms with van der Waals surface area (Å²) in [5, 5.41) is 0.765. The van der Waals surface area contributed by atoms with Crippen molar-refractivity contribution >= 4 is 24.0 Å². The Balaban J connectivity index is 0.00000196. The first-order chi connectivity index (χ1) is 6.66. The lowest BCUT2D eigenvalue weighted by Gasteiger charge is -2.15. The lowest BCUT2D eigenvalue weighted by molar-refractivity contribution is 0.658. The molecule has 0 unspecified atom stereocenters. The van der Waals surface area contributed by atoms with E-state index in [1.54, 1.807) is 0 Å². The van der Waals surface area contributed by atoms with Crippen LogP contribution >= 0.6 is 24.0 Å². The van der Waals surface area contributed by atoms with Crippen LogP contribution in [0.1, 0.15) is 30.0 Å². The van der Waals surface area contributed by atoms with Crippen LogP contribution in [0.5, 0.6) is 0 Å². The molecule has 1 aromatic rings. The van der Waals surface area contributed by atoms with Gasteiger partial charge in [0.25, 0.3) is 0 Å². The summed E-state index contributed by atoms with van der Waals surface area (Å²) >= 11 is 6.10. The van der Waals surface area contributed by atoms with Crippen molar-refractivity contribution < 1.29 is 0 Å². The molecule has 1 atom stereocenters. The van der Waals surface area contributed by atoms with Gasteiger partial charge in [-0.25, -0.2) is 0 Å². The van der Waals surface area contributed by atoms with Crippen molar-refractivity contribution in [1.82, 2.24) is 0 Å². The summed E-state index contributed by atoms with van der Waals surface area (Å²) in [6.07, 6.45) is 3.70. The molecule has 0 heterocycles. The normalized spacial score (nSPS) is 11.7. The fraction of sp³-hybridized carbons (Fsp3) is 0.333. The molecule has 84 valence electrons. The van der Waals surface area contributed by atoms with E-state index in [1.807, 2.05) is 31.2 Å². The SMILES string of the molecule is C=CCC[C@@H](N)c1c(C)cccc1Cl.Cl. The first kappa shape index (κ1) is 14.5. The van der Waals surface area contributed by atoms with Crippen LogP contribution in [0.4, 0.5) is 0 Å². The molecule has 0 bridgehead atoms. The zero-order valence-corrected chi connectivity index (χ0v) is 10.4. The Hall–Kier alpha value is -0.500. The average Bonchev–Trinajstić information content (AvgIpc) is 2.14. The molecular weight excluding hydrogens is 229 g/mol. The molecule has 1 nitrogen and oxygen atoms in total. The van der Waals surface area contributed by atoms with Crippen LogP contribution in [0.25, 0.3) is 0 Å². The van der Waals surface area contributed by atoms with E-state index in [0.29, 0.717) is 0 Å². The molecule has 0 amide bonds. The highest BCUT2D eigenvalue weighted by atomic mass is 35.5. The quantitative estimate of drug-likeness (QED) is 0.797. The van der Waals surface area contributed by atoms with Crippen molar-refractivity contribution in [3.8, 4) is 0 Å². The maximum absolute atomic E-state index is 6.10. The predicted molar refractivity (Wildman–Crippen MR) is 69.8 cm³/mol. The largest absolute Gasteiger partial charge is 0.324 e. The second-order valence-electron chi connectivity index (χ2n) is 3.44. The zero-order chi connectivity index (χ0) is 10.6. The Morgan fingerprint density at radius 2 is 2.20 bits per heavy atom. The van der Waals surface area contributed by atoms with Crippen molar-refractivity contribution in [3.05, 3.63) is 47.0 Å². The number of halogens is 2. The minimum absolute atomic E-state index is 0. The monoisotopic (exact) mass is 245 g/mol. The summed E-state index contributed by atoms with van der Waals surface area (Å²) in [4.78, 5) is 0. The van der Waals surface area contributed by atoms with Gasteiger partial charge in [0.1, 0.15) is 0 Å². The van der Waals surface area contributed by atoms with E-state index in [9.17, 15) is 0 Å². The molecule has 0 radical (unpaired) electrons. The summed E-state index contributed by atoms with van der Waals surface area (Å²) in [6, 6.07) is 5.88. The maximum Gasteiger partial charge on any atom is 0.0456 e. The van der Waals surface area contributed by atoms with Crippen molar-refractivity contribution in [1.29, 1.82) is 0 Å². The smallest absolute Gasteiger partial charge is 0.0456 e. The summed E-state index contributed by atoms with van der Waals surface area (Å²) in [5.74, 6) is 0. The molecule has 1 rings (SSSR count). The van der Waals surface area contributed by atoms with E-state index < -0.39 is 0 Å². The zero-order valence-electron chi connectivity index (χ0n) is 8.87. The minimum atomic E-state index is 0. The van der Waals surface area contributed by atoms with Gasteiger partial charge in [-0.3, -0.25) is 0 Å². The predicted octanol–water partition coefficient (Wildman–Crippen LogP) is 4.04. The summed E-state index contributed by atoms with van der Waals surface area (Å²) in [6.45, 7) is 5.72. The second kappa shape index (κ2) is 6.89. The van der Waals surface area contributed by atoms with Gasteiger partial charge >= 0.3 is 0 Å². The van der Waals surface area contributed by atoms with E-state index in [4.69, 9.17) is 17.3 Å². The van der Waals surface area contributed by atoms with Crippen LogP contribution in [-0.4, -0.2) is 0 Å². The van der Waals surface area contributed by atoms with Crippen LogP contribution in [0.15, 0.2) is 30.9 Å². The van der Waals surface area contributed by atoms with E-state index in [0.717, 1.165) is 29.0 Å². The lowest BCUT2D eigenvalue weighted by atomic mass is 9.98. The Morgan fingerprint density at radius 1 is 1.53 bits per heavy atom. The van der Waals surface area contributed by atoms with Gasteiger partial charge in [-0.1, -0.05) is 29.8 Å². The molecule has 0 spiro atoms. The van der Waals surface area contributed by atoms with E-state index in [1.165, 1.54) is 0 Å². The Labute approximate surface area is 103 Å². The second-order valence-corrected chi connectivity index (χ2v) is 3.85. The van der Waals surface area contributed by atoms with Gasteiger partial charge in [-0.15, -0.1) is 19.0 Å². The van der Waals surface area contributed by atoms with Crippen molar-refractivity contribution in [2.45, 2.75) is 25.8 Å². The van der Waals surface area contributed by atoms with Gasteiger partial charge in [0.05, 0.1) is 0 Å². The Bertz CT molecular complexity index is 303. The van der Waals surface area contributed by atoms with E-state index >= 15 is 0 Å². The number of allylic oxidation sites excluding steroid dienone is 1. The van der Waals surface area contributed by atoms with Gasteiger partial charge in [0, 0.05) is 11.1 Å². The van der Waals surface area contributed by atoms with Crippen LogP contribution < -0.4 is 5.73 Å². The molecule has 1 aromatic carbocycles. The fourth-order valence-electron chi connectivity index (χ4n) is 1.56. The van der Waals surface area contributed by atoms with E-state index in [2.05, 4.69) is 6.58 Å². The molecule has 0 saturated heterocycles. The van der Waals surface area contributed by atoms with Gasteiger partial charge in [0.2, 0.25) is 0 Å². The number of benzene rings is 1. The van der Waals surface area contributed by atoms with Gasteiger partial charge < -0.3 is 5.73 Å². The highest BCUT2D eigenvalue weighted by Crippen LogP contribution is 2.27. The number of hydrogen-bond acceptors (Lipinski definition) is 1. The number of nitrogens with two attached hydrogens (primary N) is 1. The molecule has 0 aliphatic rings. The van der Waals surface area contributed by atoms with Crippen molar-refractivity contribution in [2.24, 2.45) is 5.73 Å². The molecule has 0 aliphatic heterocycles. The third-order valence-corrected chi connectivity index (χ3v) is 2.65. The minimum Gasteiger partial charge on any atom is -0.324 e. The number of hydrogen-bond donors (Lipinski definition) is 1. The van der Waals surface area contributed by atoms with Crippen molar-refractivity contribution in [3.63, 3.8) is 0 Å².